The number of hydrogen-bond donors (Lipinski definition) is 3. The Morgan fingerprint density at radius 3 is 2.65 bits per heavy atom. The predicted octanol–water partition coefficient (Wildman–Crippen LogP) is 1.55. The zero-order chi connectivity index (χ0) is 19.2. The summed E-state index contributed by atoms with van der Waals surface area (Å²) in [5.41, 5.74) is 6.09. The third-order valence-corrected chi connectivity index (χ3v) is 4.46. The number of nitrogens with two attached hydrogens (primary N) is 1. The molecule has 0 aliphatic heterocycles. The van der Waals surface area contributed by atoms with Crippen molar-refractivity contribution in [1.29, 1.82) is 0 Å². The number of carbonyl (C=O) groups excluding carboxylic acids is 1. The summed E-state index contributed by atoms with van der Waals surface area (Å²) in [5, 5.41) is 17.7. The van der Waals surface area contributed by atoms with Crippen LogP contribution in [0.25, 0.3) is 5.65 Å². The lowest BCUT2D eigenvalue weighted by Gasteiger charge is -2.21. The van der Waals surface area contributed by atoms with Gasteiger partial charge >= 0.3 is 0 Å². The van der Waals surface area contributed by atoms with E-state index < -0.39 is 17.3 Å². The first-order valence-corrected chi connectivity index (χ1v) is 9.04. The van der Waals surface area contributed by atoms with Crippen LogP contribution in [0.3, 0.4) is 0 Å². The molecule has 1 saturated carbocycles. The molecule has 26 heavy (non-hydrogen) atoms. The highest BCUT2D eigenvalue weighted by atomic mass is 16.3. The maximum Gasteiger partial charge on any atom is 0.270 e. The van der Waals surface area contributed by atoms with E-state index >= 15 is 0 Å². The summed E-state index contributed by atoms with van der Waals surface area (Å²) in [7, 11) is 0. The molecule has 0 saturated heterocycles. The molecule has 0 aromatic carbocycles. The summed E-state index contributed by atoms with van der Waals surface area (Å²) in [6, 6.07) is 1.48. The van der Waals surface area contributed by atoms with Crippen molar-refractivity contribution in [2.24, 2.45) is 11.1 Å². The van der Waals surface area contributed by atoms with Gasteiger partial charge in [0.15, 0.2) is 5.56 Å². The number of rotatable bonds is 5. The normalized spacial score (nSPS) is 16.0. The molecular weight excluding hydrogens is 334 g/mol. The van der Waals surface area contributed by atoms with Crippen LogP contribution in [-0.4, -0.2) is 31.2 Å². The molecular formula is C18H27N5O3. The van der Waals surface area contributed by atoms with Gasteiger partial charge in [-0.3, -0.25) is 14.2 Å². The lowest BCUT2D eigenvalue weighted by molar-refractivity contribution is 0.0944. The van der Waals surface area contributed by atoms with E-state index in [2.05, 4.69) is 10.4 Å². The van der Waals surface area contributed by atoms with Crippen molar-refractivity contribution in [3.63, 3.8) is 0 Å². The number of nitrogens with zero attached hydrogens (tertiary/aromatic N) is 3. The zero-order valence-corrected chi connectivity index (χ0v) is 15.7. The van der Waals surface area contributed by atoms with Gasteiger partial charge in [0.25, 0.3) is 11.5 Å². The highest BCUT2D eigenvalue weighted by Crippen LogP contribution is 2.25. The molecule has 142 valence electrons. The molecule has 0 bridgehead atoms. The van der Waals surface area contributed by atoms with Gasteiger partial charge < -0.3 is 16.2 Å². The van der Waals surface area contributed by atoms with E-state index in [9.17, 15) is 14.7 Å². The van der Waals surface area contributed by atoms with E-state index in [0.717, 1.165) is 12.8 Å². The first-order valence-electron chi connectivity index (χ1n) is 9.04. The van der Waals surface area contributed by atoms with Crippen LogP contribution in [-0.2, 0) is 6.54 Å². The van der Waals surface area contributed by atoms with E-state index in [4.69, 9.17) is 5.73 Å². The summed E-state index contributed by atoms with van der Waals surface area (Å²) in [4.78, 5) is 25.6. The third-order valence-electron chi connectivity index (χ3n) is 4.46. The second kappa shape index (κ2) is 6.42. The topological polar surface area (TPSA) is 115 Å². The van der Waals surface area contributed by atoms with E-state index in [1.54, 1.807) is 6.07 Å². The summed E-state index contributed by atoms with van der Waals surface area (Å²) in [6.07, 6.45) is 2.45. The molecule has 8 nitrogen and oxygen atoms in total. The van der Waals surface area contributed by atoms with Crippen LogP contribution in [0.5, 0.6) is 5.88 Å². The van der Waals surface area contributed by atoms with Gasteiger partial charge in [0.05, 0.1) is 5.69 Å². The Balaban J connectivity index is 2.23. The SMILES string of the molecule is CCC(N)c1cc2n(CC(C)(C)C)c(=O)c(C(=O)NC3CC3)c(O)n2n1. The minimum atomic E-state index is -0.559. The lowest BCUT2D eigenvalue weighted by atomic mass is 9.97. The van der Waals surface area contributed by atoms with E-state index in [-0.39, 0.29) is 23.1 Å². The highest BCUT2D eigenvalue weighted by molar-refractivity contribution is 5.96. The molecule has 2 heterocycles. The molecule has 0 radical (unpaired) electrons. The maximum atomic E-state index is 13.0. The van der Waals surface area contributed by atoms with Gasteiger partial charge in [0, 0.05) is 24.7 Å². The van der Waals surface area contributed by atoms with Gasteiger partial charge in [-0.1, -0.05) is 27.7 Å². The third kappa shape index (κ3) is 3.46. The molecule has 8 heteroatoms. The molecule has 1 atom stereocenters. The first-order chi connectivity index (χ1) is 12.1. The Labute approximate surface area is 152 Å². The Morgan fingerprint density at radius 2 is 2.12 bits per heavy atom. The molecule has 3 rings (SSSR count). The van der Waals surface area contributed by atoms with Crippen molar-refractivity contribution in [3.05, 3.63) is 27.7 Å². The van der Waals surface area contributed by atoms with E-state index in [0.29, 0.717) is 24.3 Å². The second-order valence-corrected chi connectivity index (χ2v) is 8.25. The average Bonchev–Trinajstić information content (AvgIpc) is 3.24. The van der Waals surface area contributed by atoms with Crippen molar-refractivity contribution in [2.75, 3.05) is 0 Å². The second-order valence-electron chi connectivity index (χ2n) is 8.25. The number of amides is 1. The Bertz CT molecular complexity index is 902. The van der Waals surface area contributed by atoms with Crippen LogP contribution in [0.15, 0.2) is 10.9 Å². The number of hydrogen-bond acceptors (Lipinski definition) is 5. The average molecular weight is 361 g/mol. The van der Waals surface area contributed by atoms with Crippen molar-refractivity contribution in [1.82, 2.24) is 19.5 Å². The van der Waals surface area contributed by atoms with E-state index in [1.807, 2.05) is 27.7 Å². The fourth-order valence-electron chi connectivity index (χ4n) is 2.88. The molecule has 2 aromatic rings. The molecule has 1 aliphatic carbocycles. The van der Waals surface area contributed by atoms with Crippen molar-refractivity contribution >= 4 is 11.6 Å². The molecule has 0 spiro atoms. The van der Waals surface area contributed by atoms with Crippen LogP contribution in [0.4, 0.5) is 0 Å². The van der Waals surface area contributed by atoms with Crippen LogP contribution < -0.4 is 16.6 Å². The number of fused-ring (bicyclic) bond motifs is 1. The van der Waals surface area contributed by atoms with Crippen molar-refractivity contribution in [3.8, 4) is 5.88 Å². The van der Waals surface area contributed by atoms with Crippen LogP contribution in [0.2, 0.25) is 0 Å². The first kappa shape index (κ1) is 18.4. The predicted molar refractivity (Wildman–Crippen MR) is 98.3 cm³/mol. The quantitative estimate of drug-likeness (QED) is 0.747. The zero-order valence-electron chi connectivity index (χ0n) is 15.7. The van der Waals surface area contributed by atoms with Crippen molar-refractivity contribution in [2.45, 2.75) is 65.6 Å². The van der Waals surface area contributed by atoms with Gasteiger partial charge in [-0.25, -0.2) is 0 Å². The smallest absolute Gasteiger partial charge is 0.270 e. The summed E-state index contributed by atoms with van der Waals surface area (Å²) < 4.78 is 2.75. The van der Waals surface area contributed by atoms with Crippen molar-refractivity contribution < 1.29 is 9.90 Å². The van der Waals surface area contributed by atoms with Gasteiger partial charge in [0.2, 0.25) is 5.88 Å². The fourth-order valence-corrected chi connectivity index (χ4v) is 2.88. The Morgan fingerprint density at radius 1 is 1.46 bits per heavy atom. The summed E-state index contributed by atoms with van der Waals surface area (Å²) in [5.74, 6) is -1.00. The van der Waals surface area contributed by atoms with Crippen LogP contribution in [0, 0.1) is 5.41 Å². The highest BCUT2D eigenvalue weighted by Gasteiger charge is 2.30. The molecule has 1 aliphatic rings. The Kier molecular flexibility index (Phi) is 4.56. The van der Waals surface area contributed by atoms with Crippen LogP contribution in [0.1, 0.15) is 69.1 Å². The number of nitrogens with one attached hydrogen (secondary N) is 1. The summed E-state index contributed by atoms with van der Waals surface area (Å²) >= 11 is 0. The number of carbonyl (C=O) groups is 1. The summed E-state index contributed by atoms with van der Waals surface area (Å²) in [6.45, 7) is 8.32. The molecule has 1 fully saturated rings. The minimum Gasteiger partial charge on any atom is -0.492 e. The van der Waals surface area contributed by atoms with Crippen LogP contribution >= 0.6 is 0 Å². The molecule has 1 amide bonds. The van der Waals surface area contributed by atoms with Gasteiger partial charge in [0.1, 0.15) is 5.65 Å². The molecule has 1 unspecified atom stereocenters. The lowest BCUT2D eigenvalue weighted by Crippen LogP contribution is -2.37. The van der Waals surface area contributed by atoms with Gasteiger partial charge in [-0.05, 0) is 24.7 Å². The Hall–Kier alpha value is -2.35. The largest absolute Gasteiger partial charge is 0.492 e. The monoisotopic (exact) mass is 361 g/mol. The minimum absolute atomic E-state index is 0.0785. The molecule has 4 N–H and O–H groups in total. The number of aromatic nitrogens is 3. The fraction of sp³-hybridized carbons (Fsp3) is 0.611. The standard InChI is InChI=1S/C18H27N5O3/c1-5-11(19)12-8-13-22(9-18(2,3)4)16(25)14(17(26)23(13)21-12)15(24)20-10-6-7-10/h8,10-11,26H,5-7,9,19H2,1-4H3,(H,20,24). The maximum absolute atomic E-state index is 13.0. The van der Waals surface area contributed by atoms with Gasteiger partial charge in [-0.2, -0.15) is 9.61 Å². The van der Waals surface area contributed by atoms with E-state index in [1.165, 1.54) is 9.08 Å². The van der Waals surface area contributed by atoms with Gasteiger partial charge in [-0.15, -0.1) is 0 Å². The molecule has 2 aromatic heterocycles. The number of aromatic hydroxyl groups is 1.